The lowest BCUT2D eigenvalue weighted by Gasteiger charge is -2.06. The van der Waals surface area contributed by atoms with Crippen LogP contribution in [0.5, 0.6) is 6.01 Å². The fourth-order valence-electron chi connectivity index (χ4n) is 1.39. The third kappa shape index (κ3) is 3.89. The van der Waals surface area contributed by atoms with E-state index in [0.717, 1.165) is 16.3 Å². The van der Waals surface area contributed by atoms with Crippen molar-refractivity contribution in [2.75, 3.05) is 5.75 Å². The van der Waals surface area contributed by atoms with Gasteiger partial charge in [0, 0.05) is 6.07 Å². The molecule has 1 aromatic carbocycles. The lowest BCUT2D eigenvalue weighted by atomic mass is 10.2. The van der Waals surface area contributed by atoms with Gasteiger partial charge in [0.2, 0.25) is 0 Å². The summed E-state index contributed by atoms with van der Waals surface area (Å²) in [6, 6.07) is 12.0. The molecule has 0 amide bonds. The van der Waals surface area contributed by atoms with E-state index in [-0.39, 0.29) is 0 Å². The predicted octanol–water partition coefficient (Wildman–Crippen LogP) is 3.82. The molecule has 18 heavy (non-hydrogen) atoms. The number of thioether (sulfide) groups is 1. The Bertz CT molecular complexity index is 508. The van der Waals surface area contributed by atoms with Gasteiger partial charge in [-0.1, -0.05) is 48.9 Å². The first-order valence-electron chi connectivity index (χ1n) is 5.62. The van der Waals surface area contributed by atoms with Crippen LogP contribution in [0.3, 0.4) is 0 Å². The average Bonchev–Trinajstić information content (AvgIpc) is 2.37. The third-order valence-electron chi connectivity index (χ3n) is 2.15. The van der Waals surface area contributed by atoms with Gasteiger partial charge in [-0.25, -0.2) is 0 Å². The monoisotopic (exact) mass is 280 g/mol. The van der Waals surface area contributed by atoms with E-state index in [4.69, 9.17) is 16.3 Å². The quantitative estimate of drug-likeness (QED) is 0.616. The van der Waals surface area contributed by atoms with Crippen LogP contribution in [0.15, 0.2) is 41.4 Å². The minimum Gasteiger partial charge on any atom is -0.459 e. The van der Waals surface area contributed by atoms with Gasteiger partial charge in [-0.05, 0) is 11.3 Å². The number of rotatable bonds is 5. The molecular weight excluding hydrogens is 268 g/mol. The zero-order valence-electron chi connectivity index (χ0n) is 9.97. The Morgan fingerprint density at radius 1 is 1.22 bits per heavy atom. The molecule has 3 nitrogen and oxygen atoms in total. The van der Waals surface area contributed by atoms with Crippen LogP contribution in [0, 0.1) is 0 Å². The molecule has 0 aliphatic carbocycles. The van der Waals surface area contributed by atoms with Crippen LogP contribution in [0.2, 0.25) is 5.15 Å². The van der Waals surface area contributed by atoms with E-state index in [9.17, 15) is 0 Å². The molecule has 0 fully saturated rings. The van der Waals surface area contributed by atoms with E-state index in [0.29, 0.717) is 17.8 Å². The second-order valence-corrected chi connectivity index (χ2v) is 5.19. The summed E-state index contributed by atoms with van der Waals surface area (Å²) in [5, 5.41) is 1.24. The number of ether oxygens (including phenoxy) is 1. The van der Waals surface area contributed by atoms with E-state index in [1.807, 2.05) is 30.3 Å². The highest BCUT2D eigenvalue weighted by molar-refractivity contribution is 7.99. The Kier molecular flexibility index (Phi) is 4.84. The van der Waals surface area contributed by atoms with E-state index in [1.54, 1.807) is 17.8 Å². The van der Waals surface area contributed by atoms with Crippen LogP contribution in [0.25, 0.3) is 0 Å². The summed E-state index contributed by atoms with van der Waals surface area (Å²) in [6.07, 6.45) is 0. The maximum absolute atomic E-state index is 5.92. The zero-order chi connectivity index (χ0) is 12.8. The molecule has 2 aromatic rings. The van der Waals surface area contributed by atoms with Crippen molar-refractivity contribution in [3.8, 4) is 6.01 Å². The van der Waals surface area contributed by atoms with Gasteiger partial charge in [0.15, 0.2) is 0 Å². The summed E-state index contributed by atoms with van der Waals surface area (Å²) in [5.41, 5.74) is 1.07. The maximum atomic E-state index is 5.92. The van der Waals surface area contributed by atoms with Gasteiger partial charge in [0.25, 0.3) is 0 Å². The molecule has 0 saturated carbocycles. The first-order chi connectivity index (χ1) is 8.78. The van der Waals surface area contributed by atoms with Gasteiger partial charge in [0.1, 0.15) is 16.8 Å². The number of hydrogen-bond donors (Lipinski definition) is 0. The van der Waals surface area contributed by atoms with E-state index < -0.39 is 0 Å². The van der Waals surface area contributed by atoms with Crippen molar-refractivity contribution in [3.63, 3.8) is 0 Å². The van der Waals surface area contributed by atoms with Gasteiger partial charge in [0.05, 0.1) is 0 Å². The molecule has 1 aromatic heterocycles. The normalized spacial score (nSPS) is 10.3. The number of aromatic nitrogens is 2. The van der Waals surface area contributed by atoms with Crippen molar-refractivity contribution in [2.45, 2.75) is 18.6 Å². The van der Waals surface area contributed by atoms with E-state index in [1.165, 1.54) is 0 Å². The molecule has 0 bridgehead atoms. The average molecular weight is 281 g/mol. The highest BCUT2D eigenvalue weighted by Crippen LogP contribution is 2.21. The Hall–Kier alpha value is -1.26. The SMILES string of the molecule is CCSc1cc(Cl)nc(OCc2ccccc2)n1. The summed E-state index contributed by atoms with van der Waals surface area (Å²) in [7, 11) is 0. The van der Waals surface area contributed by atoms with Crippen molar-refractivity contribution in [1.82, 2.24) is 9.97 Å². The lowest BCUT2D eigenvalue weighted by molar-refractivity contribution is 0.278. The molecule has 0 spiro atoms. The molecule has 0 N–H and O–H groups in total. The molecule has 0 aliphatic heterocycles. The molecule has 0 atom stereocenters. The molecule has 0 unspecified atom stereocenters. The molecule has 1 heterocycles. The standard InChI is InChI=1S/C13H13ClN2OS/c1-2-18-12-8-11(14)15-13(16-12)17-9-10-6-4-3-5-7-10/h3-8H,2,9H2,1H3. The molecule has 94 valence electrons. The fraction of sp³-hybridized carbons (Fsp3) is 0.231. The molecule has 5 heteroatoms. The van der Waals surface area contributed by atoms with Crippen molar-refractivity contribution in [1.29, 1.82) is 0 Å². The first kappa shape index (κ1) is 13.2. The minimum atomic E-state index is 0.322. The maximum Gasteiger partial charge on any atom is 0.319 e. The summed E-state index contributed by atoms with van der Waals surface area (Å²) >= 11 is 7.53. The summed E-state index contributed by atoms with van der Waals surface area (Å²) in [5.74, 6) is 0.936. The molecule has 2 rings (SSSR count). The van der Waals surface area contributed by atoms with Crippen LogP contribution >= 0.6 is 23.4 Å². The third-order valence-corrected chi connectivity index (χ3v) is 3.14. The van der Waals surface area contributed by atoms with Crippen LogP contribution in [0.1, 0.15) is 12.5 Å². The zero-order valence-corrected chi connectivity index (χ0v) is 11.5. The molecule has 0 aliphatic rings. The first-order valence-corrected chi connectivity index (χ1v) is 6.98. The van der Waals surface area contributed by atoms with Crippen LogP contribution in [-0.4, -0.2) is 15.7 Å². The number of halogens is 1. The van der Waals surface area contributed by atoms with Gasteiger partial charge in [-0.2, -0.15) is 9.97 Å². The van der Waals surface area contributed by atoms with Gasteiger partial charge >= 0.3 is 6.01 Å². The summed E-state index contributed by atoms with van der Waals surface area (Å²) < 4.78 is 5.54. The van der Waals surface area contributed by atoms with Gasteiger partial charge < -0.3 is 4.74 Å². The largest absolute Gasteiger partial charge is 0.459 e. The number of hydrogen-bond acceptors (Lipinski definition) is 4. The smallest absolute Gasteiger partial charge is 0.319 e. The second kappa shape index (κ2) is 6.61. The molecular formula is C13H13ClN2OS. The predicted molar refractivity (Wildman–Crippen MR) is 74.2 cm³/mol. The molecule has 0 radical (unpaired) electrons. The number of nitrogens with zero attached hydrogens (tertiary/aromatic N) is 2. The van der Waals surface area contributed by atoms with Crippen LogP contribution in [-0.2, 0) is 6.61 Å². The topological polar surface area (TPSA) is 35.0 Å². The van der Waals surface area contributed by atoms with Gasteiger partial charge in [-0.15, -0.1) is 11.8 Å². The van der Waals surface area contributed by atoms with Crippen molar-refractivity contribution in [3.05, 3.63) is 47.1 Å². The number of benzene rings is 1. The highest BCUT2D eigenvalue weighted by Gasteiger charge is 2.04. The van der Waals surface area contributed by atoms with Gasteiger partial charge in [-0.3, -0.25) is 0 Å². The summed E-state index contributed by atoms with van der Waals surface area (Å²) in [6.45, 7) is 2.50. The lowest BCUT2D eigenvalue weighted by Crippen LogP contribution is -2.00. The Labute approximate surface area is 116 Å². The Morgan fingerprint density at radius 3 is 2.72 bits per heavy atom. The van der Waals surface area contributed by atoms with Crippen molar-refractivity contribution >= 4 is 23.4 Å². The molecule has 0 saturated heterocycles. The van der Waals surface area contributed by atoms with Crippen molar-refractivity contribution in [2.24, 2.45) is 0 Å². The van der Waals surface area contributed by atoms with E-state index >= 15 is 0 Å². The Morgan fingerprint density at radius 2 is 2.00 bits per heavy atom. The second-order valence-electron chi connectivity index (χ2n) is 3.52. The van der Waals surface area contributed by atoms with E-state index in [2.05, 4.69) is 16.9 Å². The summed E-state index contributed by atoms with van der Waals surface area (Å²) in [4.78, 5) is 8.33. The highest BCUT2D eigenvalue weighted by atomic mass is 35.5. The van der Waals surface area contributed by atoms with Crippen LogP contribution in [0.4, 0.5) is 0 Å². The fourth-order valence-corrected chi connectivity index (χ4v) is 2.26. The Balaban J connectivity index is 2.05. The van der Waals surface area contributed by atoms with Crippen LogP contribution < -0.4 is 4.74 Å². The van der Waals surface area contributed by atoms with Crippen molar-refractivity contribution < 1.29 is 4.74 Å². The minimum absolute atomic E-state index is 0.322.